The molecule has 0 saturated carbocycles. The van der Waals surface area contributed by atoms with Gasteiger partial charge in [0.15, 0.2) is 0 Å². The molecule has 0 fully saturated rings. The van der Waals surface area contributed by atoms with Crippen LogP contribution in [0.15, 0.2) is 90.2 Å². The molecule has 3 nitrogen and oxygen atoms in total. The summed E-state index contributed by atoms with van der Waals surface area (Å²) < 4.78 is 2.00. The average Bonchev–Trinajstić information content (AvgIpc) is 3.02. The highest BCUT2D eigenvalue weighted by Gasteiger charge is 2.05. The van der Waals surface area contributed by atoms with Gasteiger partial charge in [-0.1, -0.05) is 48.5 Å². The molecule has 0 saturated heterocycles. The molecule has 23 heavy (non-hydrogen) atoms. The number of nitrogens with two attached hydrogens (primary N) is 1. The average molecular weight is 301 g/mol. The third-order valence-electron chi connectivity index (χ3n) is 3.53. The van der Waals surface area contributed by atoms with E-state index in [2.05, 4.69) is 0 Å². The fourth-order valence-corrected chi connectivity index (χ4v) is 2.34. The largest absolute Gasteiger partial charge is 0.398 e. The number of aliphatic imine (C=N–C) groups is 1. The van der Waals surface area contributed by atoms with Crippen LogP contribution in [0.3, 0.4) is 0 Å². The van der Waals surface area contributed by atoms with Gasteiger partial charge < -0.3 is 10.3 Å². The summed E-state index contributed by atoms with van der Waals surface area (Å²) in [5, 5.41) is 0. The van der Waals surface area contributed by atoms with Crippen molar-refractivity contribution in [1.29, 1.82) is 0 Å². The second-order valence-electron chi connectivity index (χ2n) is 5.36. The number of allylic oxidation sites excluding steroid dienone is 1. The van der Waals surface area contributed by atoms with Crippen LogP contribution in [0.25, 0.3) is 5.70 Å². The van der Waals surface area contributed by atoms with Gasteiger partial charge in [-0.25, -0.2) is 4.99 Å². The first-order valence-corrected chi connectivity index (χ1v) is 7.51. The third-order valence-corrected chi connectivity index (χ3v) is 3.53. The van der Waals surface area contributed by atoms with E-state index < -0.39 is 0 Å². The maximum Gasteiger partial charge on any atom is 0.0745 e. The van der Waals surface area contributed by atoms with Gasteiger partial charge in [-0.15, -0.1) is 0 Å². The molecule has 0 amide bonds. The molecule has 2 N–H and O–H groups in total. The molecule has 0 atom stereocenters. The van der Waals surface area contributed by atoms with Gasteiger partial charge in [0.1, 0.15) is 0 Å². The Morgan fingerprint density at radius 1 is 0.913 bits per heavy atom. The van der Waals surface area contributed by atoms with Crippen molar-refractivity contribution in [3.05, 3.63) is 96.3 Å². The lowest BCUT2D eigenvalue weighted by atomic mass is 10.1. The van der Waals surface area contributed by atoms with Crippen LogP contribution in [-0.4, -0.2) is 10.3 Å². The Balaban J connectivity index is 2.04. The molecular formula is C20H19N3. The van der Waals surface area contributed by atoms with Crippen LogP contribution in [-0.2, 0) is 7.05 Å². The molecule has 0 aliphatic rings. The Kier molecular flexibility index (Phi) is 4.39. The number of nitrogens with zero attached hydrogens (tertiary/aromatic N) is 2. The smallest absolute Gasteiger partial charge is 0.0745 e. The van der Waals surface area contributed by atoms with E-state index in [1.807, 2.05) is 96.8 Å². The molecule has 3 heteroatoms. The highest BCUT2D eigenvalue weighted by atomic mass is 14.9. The van der Waals surface area contributed by atoms with Crippen LogP contribution < -0.4 is 5.73 Å². The number of aryl methyl sites for hydroxylation is 1. The standard InChI is InChI=1S/C20H19N3/c1-23-13-12-17(15-23)20(22-18-10-6-3-7-11-18)14-19(21)16-8-4-2-5-9-16/h2-15H,21H2,1H3/b19-14-,22-20?. The monoisotopic (exact) mass is 301 g/mol. The van der Waals surface area contributed by atoms with Gasteiger partial charge in [0.25, 0.3) is 0 Å². The highest BCUT2D eigenvalue weighted by Crippen LogP contribution is 2.16. The van der Waals surface area contributed by atoms with Crippen molar-refractivity contribution in [2.45, 2.75) is 0 Å². The first-order valence-electron chi connectivity index (χ1n) is 7.51. The van der Waals surface area contributed by atoms with E-state index in [1.165, 1.54) is 0 Å². The second-order valence-corrected chi connectivity index (χ2v) is 5.36. The van der Waals surface area contributed by atoms with E-state index >= 15 is 0 Å². The van der Waals surface area contributed by atoms with Crippen LogP contribution in [0.1, 0.15) is 11.1 Å². The predicted octanol–water partition coefficient (Wildman–Crippen LogP) is 4.15. The Bertz CT molecular complexity index is 828. The maximum atomic E-state index is 6.27. The molecule has 0 bridgehead atoms. The fourth-order valence-electron chi connectivity index (χ4n) is 2.34. The van der Waals surface area contributed by atoms with Gasteiger partial charge in [-0.05, 0) is 29.8 Å². The van der Waals surface area contributed by atoms with Gasteiger partial charge >= 0.3 is 0 Å². The van der Waals surface area contributed by atoms with Gasteiger partial charge in [-0.2, -0.15) is 0 Å². The van der Waals surface area contributed by atoms with E-state index in [4.69, 9.17) is 10.7 Å². The number of hydrogen-bond donors (Lipinski definition) is 1. The molecule has 0 aliphatic carbocycles. The first-order chi connectivity index (χ1) is 11.2. The maximum absolute atomic E-state index is 6.27. The quantitative estimate of drug-likeness (QED) is 0.723. The van der Waals surface area contributed by atoms with Gasteiger partial charge in [-0.3, -0.25) is 0 Å². The normalized spacial score (nSPS) is 12.4. The molecule has 0 aliphatic heterocycles. The summed E-state index contributed by atoms with van der Waals surface area (Å²) in [6.07, 6.45) is 5.97. The molecule has 0 radical (unpaired) electrons. The lowest BCUT2D eigenvalue weighted by Crippen LogP contribution is -2.03. The van der Waals surface area contributed by atoms with Crippen LogP contribution in [0.4, 0.5) is 5.69 Å². The van der Waals surface area contributed by atoms with E-state index in [1.54, 1.807) is 0 Å². The first kappa shape index (κ1) is 14.9. The summed E-state index contributed by atoms with van der Waals surface area (Å²) in [7, 11) is 1.99. The molecule has 0 spiro atoms. The summed E-state index contributed by atoms with van der Waals surface area (Å²) in [4.78, 5) is 4.75. The molecule has 1 heterocycles. The molecule has 3 aromatic rings. The summed E-state index contributed by atoms with van der Waals surface area (Å²) in [6, 6.07) is 21.9. The summed E-state index contributed by atoms with van der Waals surface area (Å²) in [6.45, 7) is 0. The van der Waals surface area contributed by atoms with E-state index in [0.29, 0.717) is 5.70 Å². The summed E-state index contributed by atoms with van der Waals surface area (Å²) >= 11 is 0. The number of hydrogen-bond acceptors (Lipinski definition) is 2. The predicted molar refractivity (Wildman–Crippen MR) is 96.7 cm³/mol. The molecule has 2 aromatic carbocycles. The molecule has 0 unspecified atom stereocenters. The highest BCUT2D eigenvalue weighted by molar-refractivity contribution is 6.13. The van der Waals surface area contributed by atoms with Gasteiger partial charge in [0.2, 0.25) is 0 Å². The fraction of sp³-hybridized carbons (Fsp3) is 0.0500. The Morgan fingerprint density at radius 3 is 2.17 bits per heavy atom. The van der Waals surface area contributed by atoms with Crippen LogP contribution in [0.5, 0.6) is 0 Å². The van der Waals surface area contributed by atoms with Crippen LogP contribution in [0.2, 0.25) is 0 Å². The van der Waals surface area contributed by atoms with E-state index in [9.17, 15) is 0 Å². The number of rotatable bonds is 4. The molecular weight excluding hydrogens is 282 g/mol. The zero-order chi connectivity index (χ0) is 16.1. The van der Waals surface area contributed by atoms with Crippen LogP contribution >= 0.6 is 0 Å². The lowest BCUT2D eigenvalue weighted by Gasteiger charge is -2.04. The Labute approximate surface area is 136 Å². The zero-order valence-electron chi connectivity index (χ0n) is 13.1. The molecule has 114 valence electrons. The van der Waals surface area contributed by atoms with Crippen molar-refractivity contribution >= 4 is 17.1 Å². The molecule has 3 rings (SSSR count). The zero-order valence-corrected chi connectivity index (χ0v) is 13.1. The second kappa shape index (κ2) is 6.79. The van der Waals surface area contributed by atoms with E-state index in [0.717, 1.165) is 22.5 Å². The topological polar surface area (TPSA) is 43.3 Å². The number of aromatic nitrogens is 1. The van der Waals surface area contributed by atoms with Crippen molar-refractivity contribution in [3.8, 4) is 0 Å². The minimum atomic E-state index is 0.698. The SMILES string of the molecule is Cn1ccc(C(/C=C(\N)c2ccccc2)=Nc2ccccc2)c1. The summed E-state index contributed by atoms with van der Waals surface area (Å²) in [5.41, 5.74) is 10.7. The van der Waals surface area contributed by atoms with Crippen LogP contribution in [0, 0.1) is 0 Å². The minimum absolute atomic E-state index is 0.698. The number of benzene rings is 2. The van der Waals surface area contributed by atoms with Crippen molar-refractivity contribution < 1.29 is 0 Å². The van der Waals surface area contributed by atoms with Gasteiger partial charge in [0, 0.05) is 30.7 Å². The minimum Gasteiger partial charge on any atom is -0.398 e. The van der Waals surface area contributed by atoms with Crippen molar-refractivity contribution in [1.82, 2.24) is 4.57 Å². The van der Waals surface area contributed by atoms with Crippen molar-refractivity contribution in [2.24, 2.45) is 17.8 Å². The number of para-hydroxylation sites is 1. The van der Waals surface area contributed by atoms with E-state index in [-0.39, 0.29) is 0 Å². The Hall–Kier alpha value is -3.07. The van der Waals surface area contributed by atoms with Crippen molar-refractivity contribution in [3.63, 3.8) is 0 Å². The van der Waals surface area contributed by atoms with Gasteiger partial charge in [0.05, 0.1) is 11.4 Å². The van der Waals surface area contributed by atoms with Crippen molar-refractivity contribution in [2.75, 3.05) is 0 Å². The third kappa shape index (κ3) is 3.77. The summed E-state index contributed by atoms with van der Waals surface area (Å²) in [5.74, 6) is 0. The Morgan fingerprint density at radius 2 is 1.57 bits per heavy atom. The lowest BCUT2D eigenvalue weighted by molar-refractivity contribution is 0.927. The molecule has 1 aromatic heterocycles.